The predicted molar refractivity (Wildman–Crippen MR) is 58.5 cm³/mol. The van der Waals surface area contributed by atoms with Crippen LogP contribution in [0, 0.1) is 0 Å². The van der Waals surface area contributed by atoms with E-state index >= 15 is 0 Å². The van der Waals surface area contributed by atoms with Crippen LogP contribution in [0.1, 0.15) is 16.8 Å². The summed E-state index contributed by atoms with van der Waals surface area (Å²) in [5.41, 5.74) is 0.603. The molecular weight excluding hydrogens is 260 g/mol. The van der Waals surface area contributed by atoms with E-state index in [0.717, 1.165) is 0 Å². The normalized spacial score (nSPS) is 20.7. The van der Waals surface area contributed by atoms with Crippen molar-refractivity contribution in [3.8, 4) is 0 Å². The molecular formula is C10H11BrN2O2. The number of carbonyl (C=O) groups is 1. The number of amides is 1. The maximum absolute atomic E-state index is 11.9. The number of likely N-dealkylation sites (tertiary alicyclic amines) is 1. The zero-order valence-corrected chi connectivity index (χ0v) is 9.64. The van der Waals surface area contributed by atoms with E-state index in [-0.39, 0.29) is 12.0 Å². The van der Waals surface area contributed by atoms with E-state index in [1.165, 1.54) is 0 Å². The fraction of sp³-hybridized carbons (Fsp3) is 0.400. The molecule has 0 bridgehead atoms. The molecule has 1 amide bonds. The number of halogens is 1. The van der Waals surface area contributed by atoms with Crippen LogP contribution in [-0.4, -0.2) is 40.1 Å². The second-order valence-corrected chi connectivity index (χ2v) is 4.37. The van der Waals surface area contributed by atoms with Crippen LogP contribution in [0.15, 0.2) is 22.9 Å². The second-order valence-electron chi connectivity index (χ2n) is 3.56. The summed E-state index contributed by atoms with van der Waals surface area (Å²) in [6.45, 7) is 1.05. The largest absolute Gasteiger partial charge is 0.391 e. The standard InChI is InChI=1S/C10H11BrN2O2/c11-9-5-7(1-3-12-9)10(15)13-4-2-8(14)6-13/h1,3,5,8,14H,2,4,6H2/t8-/m0/s1. The van der Waals surface area contributed by atoms with E-state index in [4.69, 9.17) is 0 Å². The molecule has 4 nitrogen and oxygen atoms in total. The lowest BCUT2D eigenvalue weighted by Gasteiger charge is -2.15. The Labute approximate surface area is 96.1 Å². The minimum Gasteiger partial charge on any atom is -0.391 e. The number of rotatable bonds is 1. The smallest absolute Gasteiger partial charge is 0.254 e. The monoisotopic (exact) mass is 270 g/mol. The molecule has 1 fully saturated rings. The molecule has 1 saturated heterocycles. The van der Waals surface area contributed by atoms with Gasteiger partial charge in [-0.05, 0) is 34.5 Å². The van der Waals surface area contributed by atoms with Gasteiger partial charge in [-0.2, -0.15) is 0 Å². The fourth-order valence-electron chi connectivity index (χ4n) is 1.64. The van der Waals surface area contributed by atoms with Crippen LogP contribution in [0.4, 0.5) is 0 Å². The molecule has 1 aromatic heterocycles. The summed E-state index contributed by atoms with van der Waals surface area (Å²) < 4.78 is 0.646. The Balaban J connectivity index is 2.14. The highest BCUT2D eigenvalue weighted by Gasteiger charge is 2.25. The quantitative estimate of drug-likeness (QED) is 0.777. The number of pyridine rings is 1. The van der Waals surface area contributed by atoms with E-state index in [9.17, 15) is 9.90 Å². The lowest BCUT2D eigenvalue weighted by Crippen LogP contribution is -2.29. The molecule has 0 radical (unpaired) electrons. The van der Waals surface area contributed by atoms with E-state index in [1.54, 1.807) is 23.2 Å². The van der Waals surface area contributed by atoms with Gasteiger partial charge in [-0.1, -0.05) is 0 Å². The molecule has 0 spiro atoms. The van der Waals surface area contributed by atoms with Gasteiger partial charge in [0.25, 0.3) is 5.91 Å². The molecule has 2 heterocycles. The Bertz CT molecular complexity index is 383. The average molecular weight is 271 g/mol. The summed E-state index contributed by atoms with van der Waals surface area (Å²) >= 11 is 3.22. The molecule has 0 unspecified atom stereocenters. The third kappa shape index (κ3) is 2.35. The maximum atomic E-state index is 11.9. The minimum atomic E-state index is -0.376. The summed E-state index contributed by atoms with van der Waals surface area (Å²) in [5, 5.41) is 9.33. The van der Waals surface area contributed by atoms with E-state index < -0.39 is 0 Å². The Kier molecular flexibility index (Phi) is 3.02. The molecule has 1 aliphatic heterocycles. The number of hydrogen-bond donors (Lipinski definition) is 1. The van der Waals surface area contributed by atoms with Crippen molar-refractivity contribution in [2.45, 2.75) is 12.5 Å². The van der Waals surface area contributed by atoms with E-state index in [0.29, 0.717) is 29.7 Å². The van der Waals surface area contributed by atoms with Gasteiger partial charge in [0.05, 0.1) is 6.10 Å². The van der Waals surface area contributed by atoms with Crippen molar-refractivity contribution in [3.05, 3.63) is 28.5 Å². The number of carbonyl (C=O) groups excluding carboxylic acids is 1. The topological polar surface area (TPSA) is 53.4 Å². The zero-order valence-electron chi connectivity index (χ0n) is 8.06. The van der Waals surface area contributed by atoms with Gasteiger partial charge in [-0.25, -0.2) is 4.98 Å². The molecule has 1 N–H and O–H groups in total. The first-order valence-electron chi connectivity index (χ1n) is 4.76. The van der Waals surface area contributed by atoms with Crippen LogP contribution in [0.25, 0.3) is 0 Å². The average Bonchev–Trinajstić information content (AvgIpc) is 2.64. The lowest BCUT2D eigenvalue weighted by molar-refractivity contribution is 0.0765. The van der Waals surface area contributed by atoms with E-state index in [1.807, 2.05) is 0 Å². The van der Waals surface area contributed by atoms with Crippen molar-refractivity contribution in [1.29, 1.82) is 0 Å². The first kappa shape index (κ1) is 10.6. The van der Waals surface area contributed by atoms with Gasteiger partial charge in [0, 0.05) is 24.8 Å². The highest BCUT2D eigenvalue weighted by molar-refractivity contribution is 9.10. The maximum Gasteiger partial charge on any atom is 0.254 e. The number of hydrogen-bond acceptors (Lipinski definition) is 3. The molecule has 1 aliphatic rings. The number of nitrogens with zero attached hydrogens (tertiary/aromatic N) is 2. The van der Waals surface area contributed by atoms with Crippen molar-refractivity contribution >= 4 is 21.8 Å². The molecule has 5 heteroatoms. The zero-order chi connectivity index (χ0) is 10.8. The molecule has 15 heavy (non-hydrogen) atoms. The van der Waals surface area contributed by atoms with Gasteiger partial charge >= 0.3 is 0 Å². The first-order chi connectivity index (χ1) is 7.16. The molecule has 1 atom stereocenters. The van der Waals surface area contributed by atoms with Crippen LogP contribution in [-0.2, 0) is 0 Å². The molecule has 2 rings (SSSR count). The van der Waals surface area contributed by atoms with Gasteiger partial charge in [0.1, 0.15) is 4.60 Å². The third-order valence-electron chi connectivity index (χ3n) is 2.42. The summed E-state index contributed by atoms with van der Waals surface area (Å²) in [6.07, 6.45) is 1.88. The highest BCUT2D eigenvalue weighted by Crippen LogP contribution is 2.15. The van der Waals surface area contributed by atoms with Gasteiger partial charge < -0.3 is 10.0 Å². The summed E-state index contributed by atoms with van der Waals surface area (Å²) in [5.74, 6) is -0.0466. The van der Waals surface area contributed by atoms with Crippen molar-refractivity contribution in [1.82, 2.24) is 9.88 Å². The first-order valence-corrected chi connectivity index (χ1v) is 5.55. The van der Waals surface area contributed by atoms with Crippen molar-refractivity contribution < 1.29 is 9.90 Å². The predicted octanol–water partition coefficient (Wildman–Crippen LogP) is 1.05. The van der Waals surface area contributed by atoms with Crippen LogP contribution >= 0.6 is 15.9 Å². The lowest BCUT2D eigenvalue weighted by atomic mass is 10.2. The number of aliphatic hydroxyl groups is 1. The fourth-order valence-corrected chi connectivity index (χ4v) is 2.01. The SMILES string of the molecule is O=C(c1ccnc(Br)c1)N1CC[C@H](O)C1. The van der Waals surface area contributed by atoms with Crippen LogP contribution in [0.3, 0.4) is 0 Å². The Morgan fingerprint density at radius 2 is 2.47 bits per heavy atom. The molecule has 0 aliphatic carbocycles. The summed E-state index contributed by atoms with van der Waals surface area (Å²) in [6, 6.07) is 3.37. The van der Waals surface area contributed by atoms with Crippen molar-refractivity contribution in [3.63, 3.8) is 0 Å². The Hall–Kier alpha value is -0.940. The highest BCUT2D eigenvalue weighted by atomic mass is 79.9. The molecule has 0 aromatic carbocycles. The van der Waals surface area contributed by atoms with Gasteiger partial charge in [0.15, 0.2) is 0 Å². The van der Waals surface area contributed by atoms with Crippen molar-refractivity contribution in [2.24, 2.45) is 0 Å². The van der Waals surface area contributed by atoms with Crippen LogP contribution in [0.2, 0.25) is 0 Å². The van der Waals surface area contributed by atoms with Gasteiger partial charge in [0.2, 0.25) is 0 Å². The third-order valence-corrected chi connectivity index (χ3v) is 2.86. The molecule has 0 saturated carbocycles. The number of β-amino-alcohol motifs (C(OH)–C–C–N with tert-alkyl or cyclic N) is 1. The number of aliphatic hydroxyl groups excluding tert-OH is 1. The van der Waals surface area contributed by atoms with Crippen molar-refractivity contribution in [2.75, 3.05) is 13.1 Å². The molecule has 80 valence electrons. The Morgan fingerprint density at radius 1 is 1.67 bits per heavy atom. The van der Waals surface area contributed by atoms with Gasteiger partial charge in [-0.3, -0.25) is 4.79 Å². The molecule has 1 aromatic rings. The van der Waals surface area contributed by atoms with Crippen LogP contribution in [0.5, 0.6) is 0 Å². The summed E-state index contributed by atoms with van der Waals surface area (Å²) in [4.78, 5) is 17.5. The van der Waals surface area contributed by atoms with Crippen LogP contribution < -0.4 is 0 Å². The number of aromatic nitrogens is 1. The van der Waals surface area contributed by atoms with Gasteiger partial charge in [-0.15, -0.1) is 0 Å². The summed E-state index contributed by atoms with van der Waals surface area (Å²) in [7, 11) is 0. The second kappa shape index (κ2) is 4.28. The van der Waals surface area contributed by atoms with E-state index in [2.05, 4.69) is 20.9 Å². The Morgan fingerprint density at radius 3 is 3.07 bits per heavy atom. The minimum absolute atomic E-state index is 0.0466.